The van der Waals surface area contributed by atoms with Crippen molar-refractivity contribution in [2.24, 2.45) is 22.7 Å². The number of sulfonamides is 1. The first kappa shape index (κ1) is 20.2. The average molecular weight is 470 g/mol. The Balaban J connectivity index is 0.00000208. The molecule has 24 heavy (non-hydrogen) atoms. The fraction of sp³-hybridized carbons (Fsp3) is 0.938. The van der Waals surface area contributed by atoms with Crippen LogP contribution in [0.25, 0.3) is 0 Å². The van der Waals surface area contributed by atoms with Crippen molar-refractivity contribution >= 4 is 40.0 Å². The van der Waals surface area contributed by atoms with Crippen molar-refractivity contribution in [2.45, 2.75) is 32.1 Å². The van der Waals surface area contributed by atoms with Gasteiger partial charge in [-0.25, -0.2) is 12.7 Å². The molecule has 1 N–H and O–H groups in total. The van der Waals surface area contributed by atoms with Crippen molar-refractivity contribution in [3.63, 3.8) is 0 Å². The number of likely N-dealkylation sites (tertiary alicyclic amines) is 1. The van der Waals surface area contributed by atoms with Crippen LogP contribution in [0.4, 0.5) is 0 Å². The lowest BCUT2D eigenvalue weighted by Crippen LogP contribution is -2.42. The molecule has 3 rings (SSSR count). The highest BCUT2D eigenvalue weighted by Crippen LogP contribution is 2.35. The fourth-order valence-corrected chi connectivity index (χ4v) is 5.33. The van der Waals surface area contributed by atoms with E-state index in [1.807, 2.05) is 7.05 Å². The van der Waals surface area contributed by atoms with Gasteiger partial charge < -0.3 is 10.2 Å². The molecule has 0 bridgehead atoms. The molecule has 0 radical (unpaired) electrons. The Morgan fingerprint density at radius 2 is 1.75 bits per heavy atom. The molecule has 3 atom stereocenters. The summed E-state index contributed by atoms with van der Waals surface area (Å²) in [6.45, 7) is 4.35. The van der Waals surface area contributed by atoms with Gasteiger partial charge in [0, 0.05) is 39.8 Å². The quantitative estimate of drug-likeness (QED) is 0.387. The molecule has 3 unspecified atom stereocenters. The molecule has 2 heterocycles. The number of nitrogens with one attached hydrogen (secondary N) is 1. The number of aliphatic imine (C=N–C) groups is 1. The van der Waals surface area contributed by atoms with Gasteiger partial charge in [-0.15, -0.1) is 24.0 Å². The maximum Gasteiger partial charge on any atom is 0.211 e. The maximum atomic E-state index is 11.6. The van der Waals surface area contributed by atoms with Gasteiger partial charge in [-0.3, -0.25) is 4.99 Å². The van der Waals surface area contributed by atoms with Crippen LogP contribution in [0.2, 0.25) is 0 Å². The molecule has 0 spiro atoms. The monoisotopic (exact) mass is 470 g/mol. The molecule has 0 aromatic carbocycles. The summed E-state index contributed by atoms with van der Waals surface area (Å²) in [5, 5.41) is 3.49. The molecular weight excluding hydrogens is 439 g/mol. The topological polar surface area (TPSA) is 65.0 Å². The van der Waals surface area contributed by atoms with Crippen LogP contribution < -0.4 is 5.32 Å². The summed E-state index contributed by atoms with van der Waals surface area (Å²) in [5.74, 6) is 3.06. The molecule has 8 heteroatoms. The highest BCUT2D eigenvalue weighted by molar-refractivity contribution is 14.0. The SMILES string of the molecule is CN=C(NCC1CCN(S(C)(=O)=O)C1)N1CC2CCCCC2C1.I. The predicted molar refractivity (Wildman–Crippen MR) is 108 cm³/mol. The Morgan fingerprint density at radius 3 is 2.25 bits per heavy atom. The van der Waals surface area contributed by atoms with Crippen molar-refractivity contribution in [3.8, 4) is 0 Å². The van der Waals surface area contributed by atoms with E-state index in [1.165, 1.54) is 31.9 Å². The minimum Gasteiger partial charge on any atom is -0.356 e. The first-order valence-corrected chi connectivity index (χ1v) is 10.7. The molecule has 2 aliphatic heterocycles. The number of nitrogens with zero attached hydrogens (tertiary/aromatic N) is 3. The summed E-state index contributed by atoms with van der Waals surface area (Å²) in [7, 11) is -1.20. The van der Waals surface area contributed by atoms with E-state index in [1.54, 1.807) is 4.31 Å². The van der Waals surface area contributed by atoms with Gasteiger partial charge in [0.2, 0.25) is 10.0 Å². The van der Waals surface area contributed by atoms with Crippen LogP contribution in [0.15, 0.2) is 4.99 Å². The Hall–Kier alpha value is -0.0900. The van der Waals surface area contributed by atoms with E-state index in [0.717, 1.165) is 43.9 Å². The average Bonchev–Trinajstić information content (AvgIpc) is 3.13. The molecule has 3 fully saturated rings. The molecule has 0 amide bonds. The molecule has 6 nitrogen and oxygen atoms in total. The van der Waals surface area contributed by atoms with Gasteiger partial charge in [-0.05, 0) is 37.0 Å². The summed E-state index contributed by atoms with van der Waals surface area (Å²) >= 11 is 0. The van der Waals surface area contributed by atoms with E-state index < -0.39 is 10.0 Å². The van der Waals surface area contributed by atoms with Gasteiger partial charge in [-0.1, -0.05) is 12.8 Å². The molecule has 3 aliphatic rings. The van der Waals surface area contributed by atoms with Gasteiger partial charge in [0.15, 0.2) is 5.96 Å². The first-order valence-electron chi connectivity index (χ1n) is 8.88. The number of hydrogen-bond acceptors (Lipinski definition) is 3. The lowest BCUT2D eigenvalue weighted by Gasteiger charge is -2.23. The van der Waals surface area contributed by atoms with Crippen molar-refractivity contribution in [3.05, 3.63) is 0 Å². The number of halogens is 1. The van der Waals surface area contributed by atoms with Crippen LogP contribution >= 0.6 is 24.0 Å². The van der Waals surface area contributed by atoms with E-state index in [-0.39, 0.29) is 24.0 Å². The zero-order valence-corrected chi connectivity index (χ0v) is 17.9. The molecule has 140 valence electrons. The highest BCUT2D eigenvalue weighted by Gasteiger charge is 2.36. The van der Waals surface area contributed by atoms with Crippen LogP contribution in [0.3, 0.4) is 0 Å². The number of guanidine groups is 1. The van der Waals surface area contributed by atoms with E-state index in [0.29, 0.717) is 19.0 Å². The van der Waals surface area contributed by atoms with Gasteiger partial charge in [-0.2, -0.15) is 0 Å². The Bertz CT molecular complexity index is 540. The Morgan fingerprint density at radius 1 is 1.12 bits per heavy atom. The van der Waals surface area contributed by atoms with Crippen molar-refractivity contribution < 1.29 is 8.42 Å². The summed E-state index contributed by atoms with van der Waals surface area (Å²) < 4.78 is 24.8. The normalized spacial score (nSPS) is 31.7. The number of fused-ring (bicyclic) bond motifs is 1. The lowest BCUT2D eigenvalue weighted by atomic mass is 9.82. The smallest absolute Gasteiger partial charge is 0.211 e. The third-order valence-corrected chi connectivity index (χ3v) is 7.02. The Kier molecular flexibility index (Phi) is 7.19. The second-order valence-electron chi connectivity index (χ2n) is 7.41. The second kappa shape index (κ2) is 8.53. The number of hydrogen-bond donors (Lipinski definition) is 1. The fourth-order valence-electron chi connectivity index (χ4n) is 4.41. The van der Waals surface area contributed by atoms with Crippen LogP contribution in [-0.2, 0) is 10.0 Å². The first-order chi connectivity index (χ1) is 11.0. The van der Waals surface area contributed by atoms with E-state index in [2.05, 4.69) is 15.2 Å². The zero-order chi connectivity index (χ0) is 16.4. The third-order valence-electron chi connectivity index (χ3n) is 5.75. The summed E-state index contributed by atoms with van der Waals surface area (Å²) in [4.78, 5) is 6.86. The van der Waals surface area contributed by atoms with Crippen LogP contribution in [-0.4, -0.2) is 69.6 Å². The maximum absolute atomic E-state index is 11.6. The second-order valence-corrected chi connectivity index (χ2v) is 9.40. The molecule has 0 aromatic rings. The minimum absolute atomic E-state index is 0. The largest absolute Gasteiger partial charge is 0.356 e. The van der Waals surface area contributed by atoms with Crippen LogP contribution in [0.5, 0.6) is 0 Å². The zero-order valence-electron chi connectivity index (χ0n) is 14.8. The molecule has 1 saturated carbocycles. The van der Waals surface area contributed by atoms with Gasteiger partial charge in [0.1, 0.15) is 0 Å². The minimum atomic E-state index is -3.04. The van der Waals surface area contributed by atoms with Gasteiger partial charge >= 0.3 is 0 Å². The lowest BCUT2D eigenvalue weighted by molar-refractivity contribution is 0.299. The summed E-state index contributed by atoms with van der Waals surface area (Å²) in [6.07, 6.45) is 7.72. The van der Waals surface area contributed by atoms with Crippen molar-refractivity contribution in [1.29, 1.82) is 0 Å². The van der Waals surface area contributed by atoms with E-state index >= 15 is 0 Å². The predicted octanol–water partition coefficient (Wildman–Crippen LogP) is 1.58. The van der Waals surface area contributed by atoms with Gasteiger partial charge in [0.05, 0.1) is 6.26 Å². The summed E-state index contributed by atoms with van der Waals surface area (Å²) in [6, 6.07) is 0. The molecule has 2 saturated heterocycles. The van der Waals surface area contributed by atoms with Gasteiger partial charge in [0.25, 0.3) is 0 Å². The third kappa shape index (κ3) is 4.75. The highest BCUT2D eigenvalue weighted by atomic mass is 127. The Labute approximate surface area is 163 Å². The van der Waals surface area contributed by atoms with Crippen molar-refractivity contribution in [1.82, 2.24) is 14.5 Å². The van der Waals surface area contributed by atoms with Crippen molar-refractivity contribution in [2.75, 3.05) is 46.0 Å². The van der Waals surface area contributed by atoms with Crippen LogP contribution in [0.1, 0.15) is 32.1 Å². The molecule has 0 aromatic heterocycles. The molecule has 1 aliphatic carbocycles. The molecular formula is C16H31IN4O2S. The standard InChI is InChI=1S/C16H30N4O2S.HI/c1-17-16(19-11-14-5-3-4-6-15(14)12-19)18-9-13-7-8-20(10-13)23(2,21)22;/h13-15H,3-12H2,1-2H3,(H,17,18);1H. The summed E-state index contributed by atoms with van der Waals surface area (Å²) in [5.41, 5.74) is 0. The van der Waals surface area contributed by atoms with E-state index in [9.17, 15) is 8.42 Å². The van der Waals surface area contributed by atoms with E-state index in [4.69, 9.17) is 0 Å². The van der Waals surface area contributed by atoms with Crippen LogP contribution in [0, 0.1) is 17.8 Å². The number of rotatable bonds is 3.